The standard InChI is InChI=1S/C33H34O4/c1-21-17-25(13-15-31(21)36-23(3)19-34)33(26-14-16-32(22(2)18-26)37-24(4)20-35)29-11-7-5-9-27(29)28-10-6-8-12-30(28)33/h5-18,23-24,34-35H,19-20H2,1-4H3. The predicted octanol–water partition coefficient (Wildman–Crippen LogP) is 6.19. The van der Waals surface area contributed by atoms with Gasteiger partial charge in [-0.15, -0.1) is 0 Å². The van der Waals surface area contributed by atoms with Crippen LogP contribution in [0, 0.1) is 13.8 Å². The molecule has 0 aliphatic heterocycles. The van der Waals surface area contributed by atoms with Crippen molar-refractivity contribution in [1.82, 2.24) is 0 Å². The summed E-state index contributed by atoms with van der Waals surface area (Å²) in [6.07, 6.45) is -0.550. The lowest BCUT2D eigenvalue weighted by Gasteiger charge is -2.35. The minimum absolute atomic E-state index is 0.0333. The van der Waals surface area contributed by atoms with E-state index in [0.29, 0.717) is 0 Å². The number of ether oxygens (including phenoxy) is 2. The molecule has 0 saturated carbocycles. The van der Waals surface area contributed by atoms with Crippen LogP contribution in [0.3, 0.4) is 0 Å². The summed E-state index contributed by atoms with van der Waals surface area (Å²) in [5, 5.41) is 19.0. The average molecular weight is 495 g/mol. The molecular formula is C33H34O4. The first-order chi connectivity index (χ1) is 17.9. The van der Waals surface area contributed by atoms with E-state index in [0.717, 1.165) is 33.8 Å². The monoisotopic (exact) mass is 494 g/mol. The summed E-state index contributed by atoms with van der Waals surface area (Å²) < 4.78 is 12.0. The molecule has 0 aromatic heterocycles. The molecule has 0 fully saturated rings. The van der Waals surface area contributed by atoms with Crippen molar-refractivity contribution in [1.29, 1.82) is 0 Å². The number of rotatable bonds is 8. The highest BCUT2D eigenvalue weighted by molar-refractivity contribution is 5.86. The average Bonchev–Trinajstić information content (AvgIpc) is 3.22. The molecule has 37 heavy (non-hydrogen) atoms. The molecule has 2 N–H and O–H groups in total. The minimum Gasteiger partial charge on any atom is -0.488 e. The molecule has 0 amide bonds. The van der Waals surface area contributed by atoms with E-state index in [9.17, 15) is 10.2 Å². The molecule has 1 aliphatic rings. The van der Waals surface area contributed by atoms with Crippen LogP contribution in [0.15, 0.2) is 84.9 Å². The molecule has 2 unspecified atom stereocenters. The lowest BCUT2D eigenvalue weighted by atomic mass is 9.67. The zero-order valence-corrected chi connectivity index (χ0v) is 21.9. The van der Waals surface area contributed by atoms with E-state index in [4.69, 9.17) is 9.47 Å². The molecule has 190 valence electrons. The van der Waals surface area contributed by atoms with Gasteiger partial charge in [0.25, 0.3) is 0 Å². The number of hydrogen-bond acceptors (Lipinski definition) is 4. The molecule has 2 atom stereocenters. The van der Waals surface area contributed by atoms with Crippen LogP contribution >= 0.6 is 0 Å². The van der Waals surface area contributed by atoms with E-state index in [1.54, 1.807) is 0 Å². The Bertz CT molecular complexity index is 1310. The fraction of sp³-hybridized carbons (Fsp3) is 0.273. The van der Waals surface area contributed by atoms with Crippen molar-refractivity contribution < 1.29 is 19.7 Å². The second-order valence-electron chi connectivity index (χ2n) is 10.0. The molecule has 4 aromatic rings. The molecular weight excluding hydrogens is 460 g/mol. The lowest BCUT2D eigenvalue weighted by molar-refractivity contribution is 0.129. The van der Waals surface area contributed by atoms with Crippen LogP contribution in [0.5, 0.6) is 11.5 Å². The highest BCUT2D eigenvalue weighted by atomic mass is 16.5. The van der Waals surface area contributed by atoms with Crippen LogP contribution in [0.25, 0.3) is 11.1 Å². The van der Waals surface area contributed by atoms with E-state index >= 15 is 0 Å². The van der Waals surface area contributed by atoms with Gasteiger partial charge in [-0.05, 0) is 84.3 Å². The van der Waals surface area contributed by atoms with Gasteiger partial charge in [-0.2, -0.15) is 0 Å². The molecule has 5 rings (SSSR count). The first kappa shape index (κ1) is 25.1. The lowest BCUT2D eigenvalue weighted by Crippen LogP contribution is -2.29. The molecule has 0 heterocycles. The number of aliphatic hydroxyl groups excluding tert-OH is 2. The highest BCUT2D eigenvalue weighted by Crippen LogP contribution is 2.56. The van der Waals surface area contributed by atoms with Crippen LogP contribution in [0.2, 0.25) is 0 Å². The maximum absolute atomic E-state index is 9.49. The van der Waals surface area contributed by atoms with Gasteiger partial charge in [0.05, 0.1) is 18.6 Å². The SMILES string of the molecule is Cc1cc(C2(c3ccc(OC(C)CO)c(C)c3)c3ccccc3-c3ccccc32)ccc1OC(C)CO. The van der Waals surface area contributed by atoms with Crippen LogP contribution in [0.4, 0.5) is 0 Å². The smallest absolute Gasteiger partial charge is 0.122 e. The summed E-state index contributed by atoms with van der Waals surface area (Å²) in [5.41, 5.74) is 8.78. The summed E-state index contributed by atoms with van der Waals surface area (Å²) >= 11 is 0. The normalized spacial score (nSPS) is 15.0. The largest absolute Gasteiger partial charge is 0.488 e. The fourth-order valence-corrected chi connectivity index (χ4v) is 5.56. The molecule has 0 bridgehead atoms. The third kappa shape index (κ3) is 4.20. The van der Waals surface area contributed by atoms with Gasteiger partial charge in [0, 0.05) is 0 Å². The molecule has 4 heteroatoms. The van der Waals surface area contributed by atoms with Gasteiger partial charge < -0.3 is 19.7 Å². The zero-order chi connectivity index (χ0) is 26.2. The van der Waals surface area contributed by atoms with Crippen molar-refractivity contribution in [2.45, 2.75) is 45.3 Å². The van der Waals surface area contributed by atoms with E-state index in [1.807, 2.05) is 26.0 Å². The summed E-state index contributed by atoms with van der Waals surface area (Å²) in [6, 6.07) is 30.1. The van der Waals surface area contributed by atoms with Gasteiger partial charge in [-0.3, -0.25) is 0 Å². The van der Waals surface area contributed by atoms with E-state index < -0.39 is 5.41 Å². The molecule has 4 aromatic carbocycles. The maximum atomic E-state index is 9.49. The molecule has 0 saturated heterocycles. The molecule has 4 nitrogen and oxygen atoms in total. The summed E-state index contributed by atoms with van der Waals surface area (Å²) in [6.45, 7) is 7.78. The van der Waals surface area contributed by atoms with E-state index in [2.05, 4.69) is 86.6 Å². The molecule has 0 spiro atoms. The quantitative estimate of drug-likeness (QED) is 0.270. The van der Waals surface area contributed by atoms with Crippen LogP contribution in [-0.4, -0.2) is 35.6 Å². The Morgan fingerprint density at radius 2 is 1.03 bits per heavy atom. The summed E-state index contributed by atoms with van der Waals surface area (Å²) in [4.78, 5) is 0. The van der Waals surface area contributed by atoms with Crippen molar-refractivity contribution in [3.8, 4) is 22.6 Å². The number of aryl methyl sites for hydroxylation is 2. The first-order valence-corrected chi connectivity index (χ1v) is 12.9. The Balaban J connectivity index is 1.76. The van der Waals surface area contributed by atoms with Crippen LogP contribution in [-0.2, 0) is 5.41 Å². The van der Waals surface area contributed by atoms with Gasteiger partial charge in [-0.25, -0.2) is 0 Å². The van der Waals surface area contributed by atoms with Crippen molar-refractivity contribution in [3.63, 3.8) is 0 Å². The number of fused-ring (bicyclic) bond motifs is 3. The number of aliphatic hydroxyl groups is 2. The van der Waals surface area contributed by atoms with Crippen molar-refractivity contribution >= 4 is 0 Å². The van der Waals surface area contributed by atoms with Gasteiger partial charge in [0.15, 0.2) is 0 Å². The second-order valence-corrected chi connectivity index (χ2v) is 10.0. The van der Waals surface area contributed by atoms with Crippen LogP contribution < -0.4 is 9.47 Å². The maximum Gasteiger partial charge on any atom is 0.122 e. The summed E-state index contributed by atoms with van der Waals surface area (Å²) in [7, 11) is 0. The summed E-state index contributed by atoms with van der Waals surface area (Å²) in [5.74, 6) is 1.55. The second kappa shape index (κ2) is 10.0. The van der Waals surface area contributed by atoms with Crippen LogP contribution in [0.1, 0.15) is 47.2 Å². The number of benzene rings is 4. The Morgan fingerprint density at radius 3 is 1.41 bits per heavy atom. The van der Waals surface area contributed by atoms with Gasteiger partial charge in [0.2, 0.25) is 0 Å². The fourth-order valence-electron chi connectivity index (χ4n) is 5.56. The zero-order valence-electron chi connectivity index (χ0n) is 21.9. The van der Waals surface area contributed by atoms with Crippen molar-refractivity contribution in [2.24, 2.45) is 0 Å². The van der Waals surface area contributed by atoms with E-state index in [-0.39, 0.29) is 25.4 Å². The third-order valence-electron chi connectivity index (χ3n) is 7.34. The van der Waals surface area contributed by atoms with Crippen molar-refractivity contribution in [3.05, 3.63) is 118 Å². The highest BCUT2D eigenvalue weighted by Gasteiger charge is 2.46. The molecule has 1 aliphatic carbocycles. The Kier molecular flexibility index (Phi) is 6.80. The Hall–Kier alpha value is -3.60. The minimum atomic E-state index is -0.523. The van der Waals surface area contributed by atoms with Gasteiger partial charge >= 0.3 is 0 Å². The topological polar surface area (TPSA) is 58.9 Å². The van der Waals surface area contributed by atoms with E-state index in [1.165, 1.54) is 22.3 Å². The van der Waals surface area contributed by atoms with Gasteiger partial charge in [0.1, 0.15) is 23.7 Å². The number of hydrogen-bond donors (Lipinski definition) is 2. The first-order valence-electron chi connectivity index (χ1n) is 12.9. The Labute approximate surface area is 219 Å². The predicted molar refractivity (Wildman–Crippen MR) is 148 cm³/mol. The Morgan fingerprint density at radius 1 is 0.622 bits per heavy atom. The van der Waals surface area contributed by atoms with Crippen molar-refractivity contribution in [2.75, 3.05) is 13.2 Å². The molecule has 0 radical (unpaired) electrons. The third-order valence-corrected chi connectivity index (χ3v) is 7.34. The van der Waals surface area contributed by atoms with Gasteiger partial charge in [-0.1, -0.05) is 72.8 Å².